The van der Waals surface area contributed by atoms with Crippen LogP contribution >= 0.6 is 0 Å². The lowest BCUT2D eigenvalue weighted by atomic mass is 10.1. The molecule has 0 amide bonds. The minimum atomic E-state index is -4.03. The van der Waals surface area contributed by atoms with Gasteiger partial charge in [-0.2, -0.15) is 5.26 Å². The summed E-state index contributed by atoms with van der Waals surface area (Å²) in [5.41, 5.74) is 1.30. The second-order valence-electron chi connectivity index (χ2n) is 6.75. The number of rotatable bonds is 7. The van der Waals surface area contributed by atoms with E-state index < -0.39 is 15.8 Å². The number of nitriles is 1. The average Bonchev–Trinajstić information content (AvgIpc) is 3.12. The van der Waals surface area contributed by atoms with Gasteiger partial charge in [0.1, 0.15) is 16.5 Å². The summed E-state index contributed by atoms with van der Waals surface area (Å²) in [7, 11) is -4.03. The standard InChI is InChI=1S/C21H20FN3O3S/c1-14(2)28-18-5-3-4-15(9-18)8-17-12-24-13-21(17)29(26,27)25-20-7-6-16(11-23)10-19(20)22/h3-7,9-10,12-14,24-25H,8H2,1-2H3. The van der Waals surface area contributed by atoms with Crippen LogP contribution in [0.25, 0.3) is 0 Å². The van der Waals surface area contributed by atoms with Crippen molar-refractivity contribution in [1.82, 2.24) is 4.98 Å². The number of H-pyrrole nitrogens is 1. The largest absolute Gasteiger partial charge is 0.491 e. The zero-order chi connectivity index (χ0) is 21.0. The van der Waals surface area contributed by atoms with E-state index in [4.69, 9.17) is 10.00 Å². The van der Waals surface area contributed by atoms with E-state index >= 15 is 0 Å². The molecule has 8 heteroatoms. The average molecular weight is 413 g/mol. The van der Waals surface area contributed by atoms with Crippen molar-refractivity contribution in [3.05, 3.63) is 77.4 Å². The minimum absolute atomic E-state index is 0.0245. The van der Waals surface area contributed by atoms with Crippen LogP contribution in [0.5, 0.6) is 5.75 Å². The summed E-state index contributed by atoms with van der Waals surface area (Å²) < 4.78 is 47.6. The third-order valence-corrected chi connectivity index (χ3v) is 5.53. The summed E-state index contributed by atoms with van der Waals surface area (Å²) in [6.45, 7) is 3.86. The Labute approximate surface area is 169 Å². The molecule has 150 valence electrons. The van der Waals surface area contributed by atoms with Gasteiger partial charge < -0.3 is 9.72 Å². The molecule has 6 nitrogen and oxygen atoms in total. The molecule has 2 N–H and O–H groups in total. The van der Waals surface area contributed by atoms with Gasteiger partial charge in [-0.1, -0.05) is 12.1 Å². The predicted octanol–water partition coefficient (Wildman–Crippen LogP) is 4.20. The first-order chi connectivity index (χ1) is 13.8. The Bertz CT molecular complexity index is 1160. The number of nitrogens with zero attached hydrogens (tertiary/aromatic N) is 1. The molecule has 0 fully saturated rings. The maximum Gasteiger partial charge on any atom is 0.263 e. The second-order valence-corrected chi connectivity index (χ2v) is 8.40. The molecular weight excluding hydrogens is 393 g/mol. The number of sulfonamides is 1. The lowest BCUT2D eigenvalue weighted by molar-refractivity contribution is 0.242. The van der Waals surface area contributed by atoms with Crippen LogP contribution in [-0.2, 0) is 16.4 Å². The highest BCUT2D eigenvalue weighted by Gasteiger charge is 2.21. The number of halogens is 1. The fourth-order valence-corrected chi connectivity index (χ4v) is 4.12. The van der Waals surface area contributed by atoms with E-state index in [9.17, 15) is 12.8 Å². The number of hydrogen-bond donors (Lipinski definition) is 2. The lowest BCUT2D eigenvalue weighted by Gasteiger charge is -2.12. The van der Waals surface area contributed by atoms with Gasteiger partial charge in [0.15, 0.2) is 0 Å². The van der Waals surface area contributed by atoms with E-state index in [1.807, 2.05) is 38.1 Å². The number of benzene rings is 2. The molecule has 0 aliphatic carbocycles. The molecule has 0 atom stereocenters. The van der Waals surface area contributed by atoms with Gasteiger partial charge in [-0.3, -0.25) is 4.72 Å². The Morgan fingerprint density at radius 3 is 2.69 bits per heavy atom. The quantitative estimate of drug-likeness (QED) is 0.607. The molecule has 0 bridgehead atoms. The van der Waals surface area contributed by atoms with Crippen molar-refractivity contribution in [2.45, 2.75) is 31.3 Å². The molecule has 0 radical (unpaired) electrons. The Morgan fingerprint density at radius 2 is 2.00 bits per heavy atom. The van der Waals surface area contributed by atoms with Gasteiger partial charge in [-0.25, -0.2) is 12.8 Å². The van der Waals surface area contributed by atoms with Crippen molar-refractivity contribution < 1.29 is 17.5 Å². The van der Waals surface area contributed by atoms with Crippen molar-refractivity contribution in [2.24, 2.45) is 0 Å². The molecule has 0 aliphatic rings. The number of ether oxygens (including phenoxy) is 1. The number of hydrogen-bond acceptors (Lipinski definition) is 4. The van der Waals surface area contributed by atoms with Crippen molar-refractivity contribution in [1.29, 1.82) is 5.26 Å². The van der Waals surface area contributed by atoms with Gasteiger partial charge in [0.05, 0.1) is 23.4 Å². The third kappa shape index (κ3) is 4.95. The van der Waals surface area contributed by atoms with Gasteiger partial charge in [0.25, 0.3) is 10.0 Å². The third-order valence-electron chi connectivity index (χ3n) is 4.09. The molecule has 1 heterocycles. The van der Waals surface area contributed by atoms with Crippen LogP contribution in [-0.4, -0.2) is 19.5 Å². The highest BCUT2D eigenvalue weighted by atomic mass is 32.2. The monoisotopic (exact) mass is 413 g/mol. The fraction of sp³-hybridized carbons (Fsp3) is 0.190. The summed E-state index contributed by atoms with van der Waals surface area (Å²) in [6, 6.07) is 12.8. The van der Waals surface area contributed by atoms with Crippen LogP contribution in [0.1, 0.15) is 30.5 Å². The van der Waals surface area contributed by atoms with Crippen LogP contribution in [0.4, 0.5) is 10.1 Å². The zero-order valence-electron chi connectivity index (χ0n) is 15.9. The summed E-state index contributed by atoms with van der Waals surface area (Å²) in [5, 5.41) is 8.81. The summed E-state index contributed by atoms with van der Waals surface area (Å²) in [6.07, 6.45) is 3.33. The molecule has 0 saturated carbocycles. The number of nitrogens with one attached hydrogen (secondary N) is 2. The first kappa shape index (κ1) is 20.4. The Morgan fingerprint density at radius 1 is 1.21 bits per heavy atom. The Balaban J connectivity index is 1.85. The van der Waals surface area contributed by atoms with Crippen LogP contribution in [0.3, 0.4) is 0 Å². The highest BCUT2D eigenvalue weighted by Crippen LogP contribution is 2.25. The lowest BCUT2D eigenvalue weighted by Crippen LogP contribution is -2.15. The van der Waals surface area contributed by atoms with Gasteiger partial charge in [0.2, 0.25) is 0 Å². The summed E-state index contributed by atoms with van der Waals surface area (Å²) in [4.78, 5) is 2.83. The van der Waals surface area contributed by atoms with E-state index in [0.29, 0.717) is 17.7 Å². The van der Waals surface area contributed by atoms with Gasteiger partial charge in [0, 0.05) is 18.8 Å². The van der Waals surface area contributed by atoms with Gasteiger partial charge in [-0.05, 0) is 55.3 Å². The number of aromatic amines is 1. The molecule has 0 spiro atoms. The highest BCUT2D eigenvalue weighted by molar-refractivity contribution is 7.92. The molecule has 2 aromatic carbocycles. The zero-order valence-corrected chi connectivity index (χ0v) is 16.8. The van der Waals surface area contributed by atoms with E-state index in [2.05, 4.69) is 9.71 Å². The van der Waals surface area contributed by atoms with Crippen molar-refractivity contribution in [3.8, 4) is 11.8 Å². The van der Waals surface area contributed by atoms with Crippen LogP contribution in [0.2, 0.25) is 0 Å². The van der Waals surface area contributed by atoms with Crippen molar-refractivity contribution in [3.63, 3.8) is 0 Å². The maximum atomic E-state index is 14.1. The Kier molecular flexibility index (Phi) is 5.89. The van der Waals surface area contributed by atoms with Crippen LogP contribution < -0.4 is 9.46 Å². The number of anilines is 1. The minimum Gasteiger partial charge on any atom is -0.491 e. The normalized spacial score (nSPS) is 11.3. The topological polar surface area (TPSA) is 95.0 Å². The predicted molar refractivity (Wildman–Crippen MR) is 108 cm³/mol. The van der Waals surface area contributed by atoms with Crippen molar-refractivity contribution in [2.75, 3.05) is 4.72 Å². The Hall–Kier alpha value is -3.31. The van der Waals surface area contributed by atoms with Gasteiger partial charge in [-0.15, -0.1) is 0 Å². The first-order valence-electron chi connectivity index (χ1n) is 8.92. The summed E-state index contributed by atoms with van der Waals surface area (Å²) in [5.74, 6) is -0.113. The molecule has 3 aromatic rings. The first-order valence-corrected chi connectivity index (χ1v) is 10.4. The van der Waals surface area contributed by atoms with Crippen LogP contribution in [0, 0.1) is 17.1 Å². The van der Waals surface area contributed by atoms with E-state index in [0.717, 1.165) is 11.6 Å². The second kappa shape index (κ2) is 8.37. The molecule has 1 aromatic heterocycles. The maximum absolute atomic E-state index is 14.1. The molecule has 3 rings (SSSR count). The van der Waals surface area contributed by atoms with Crippen molar-refractivity contribution >= 4 is 15.7 Å². The SMILES string of the molecule is CC(C)Oc1cccc(Cc2c[nH]cc2S(=O)(=O)Nc2ccc(C#N)cc2F)c1. The van der Waals surface area contributed by atoms with Gasteiger partial charge >= 0.3 is 0 Å². The molecule has 0 aliphatic heterocycles. The molecule has 29 heavy (non-hydrogen) atoms. The van der Waals surface area contributed by atoms with E-state index in [1.54, 1.807) is 12.3 Å². The fourth-order valence-electron chi connectivity index (χ4n) is 2.86. The van der Waals surface area contributed by atoms with E-state index in [1.165, 1.54) is 18.3 Å². The smallest absolute Gasteiger partial charge is 0.263 e. The van der Waals surface area contributed by atoms with Crippen LogP contribution in [0.15, 0.2) is 59.8 Å². The molecule has 0 saturated heterocycles. The number of aromatic nitrogens is 1. The molecule has 0 unspecified atom stereocenters. The molecular formula is C21H20FN3O3S. The van der Waals surface area contributed by atoms with E-state index in [-0.39, 0.29) is 22.3 Å². The summed E-state index contributed by atoms with van der Waals surface area (Å²) >= 11 is 0.